The maximum absolute atomic E-state index is 5.72. The first kappa shape index (κ1) is 7.36. The van der Waals surface area contributed by atoms with Gasteiger partial charge in [-0.2, -0.15) is 0 Å². The second-order valence-corrected chi connectivity index (χ2v) is 3.60. The van der Waals surface area contributed by atoms with Crippen molar-refractivity contribution < 1.29 is 0 Å². The summed E-state index contributed by atoms with van der Waals surface area (Å²) in [4.78, 5) is 4.16. The van der Waals surface area contributed by atoms with Crippen LogP contribution >= 0.6 is 34.5 Å². The highest BCUT2D eigenvalue weighted by Gasteiger charge is 1.99. The van der Waals surface area contributed by atoms with Crippen LogP contribution in [0.5, 0.6) is 0 Å². The van der Waals surface area contributed by atoms with Crippen LogP contribution in [-0.4, -0.2) is 7.76 Å². The molecule has 2 aromatic heterocycles. The molecule has 4 heteroatoms. The lowest BCUT2D eigenvalue weighted by Crippen LogP contribution is -1.80. The van der Waals surface area contributed by atoms with Crippen molar-refractivity contribution in [2.75, 3.05) is 0 Å². The quantitative estimate of drug-likeness (QED) is 0.535. The van der Waals surface area contributed by atoms with Gasteiger partial charge in [0.05, 0.1) is 22.9 Å². The highest BCUT2D eigenvalue weighted by atomic mass is 127. The summed E-state index contributed by atoms with van der Waals surface area (Å²) in [6.07, 6.45) is 1.95. The summed E-state index contributed by atoms with van der Waals surface area (Å²) in [5.74, 6) is 0. The molecule has 2 rings (SSSR count). The second-order valence-electron chi connectivity index (χ2n) is 2.17. The third kappa shape index (κ3) is 1.22. The summed E-state index contributed by atoms with van der Waals surface area (Å²) in [5.41, 5.74) is 0.915. The lowest BCUT2D eigenvalue weighted by molar-refractivity contribution is 1.30. The largest absolute Gasteiger partial charge is 0.274 e. The Hall–Kier alpha value is -0.290. The highest BCUT2D eigenvalue weighted by molar-refractivity contribution is 14.1. The Balaban J connectivity index is 2.87. The zero-order valence-electron chi connectivity index (χ0n) is 5.46. The third-order valence-corrected chi connectivity index (χ3v) is 2.45. The van der Waals surface area contributed by atoms with Gasteiger partial charge in [-0.1, -0.05) is 11.6 Å². The van der Waals surface area contributed by atoms with Crippen LogP contribution in [0.1, 0.15) is 0 Å². The fraction of sp³-hybridized carbons (Fsp3) is 0. The van der Waals surface area contributed by atoms with E-state index in [1.54, 1.807) is 6.07 Å². The van der Waals surface area contributed by atoms with E-state index in [0.717, 1.165) is 11.0 Å². The van der Waals surface area contributed by atoms with Crippen LogP contribution in [0.3, 0.4) is 0 Å². The standard InChI is InChI=1S/C7H4ClIN2/c8-6-2-1-5-3-4-11(9)7(5)10-6/h1-4H. The molecular weight excluding hydrogens is 274 g/mol. The molecule has 11 heavy (non-hydrogen) atoms. The molecule has 2 heterocycles. The number of nitrogens with zero attached hydrogens (tertiary/aromatic N) is 2. The summed E-state index contributed by atoms with van der Waals surface area (Å²) in [7, 11) is 0. The van der Waals surface area contributed by atoms with Gasteiger partial charge in [-0.05, 0) is 18.2 Å². The van der Waals surface area contributed by atoms with E-state index in [4.69, 9.17) is 11.6 Å². The lowest BCUT2D eigenvalue weighted by atomic mass is 10.3. The molecule has 0 amide bonds. The zero-order valence-corrected chi connectivity index (χ0v) is 8.37. The third-order valence-electron chi connectivity index (χ3n) is 1.46. The van der Waals surface area contributed by atoms with Crippen molar-refractivity contribution in [3.05, 3.63) is 29.5 Å². The number of halogens is 2. The van der Waals surface area contributed by atoms with E-state index >= 15 is 0 Å². The van der Waals surface area contributed by atoms with E-state index in [9.17, 15) is 0 Å². The van der Waals surface area contributed by atoms with E-state index in [2.05, 4.69) is 27.8 Å². The zero-order chi connectivity index (χ0) is 7.84. The number of aromatic nitrogens is 2. The summed E-state index contributed by atoms with van der Waals surface area (Å²) >= 11 is 7.89. The molecule has 0 radical (unpaired) electrons. The second kappa shape index (κ2) is 2.64. The van der Waals surface area contributed by atoms with Crippen LogP contribution in [0.15, 0.2) is 24.4 Å². The molecule has 0 N–H and O–H groups in total. The van der Waals surface area contributed by atoms with Crippen LogP contribution in [0.25, 0.3) is 11.0 Å². The summed E-state index contributed by atoms with van der Waals surface area (Å²) < 4.78 is 1.92. The van der Waals surface area contributed by atoms with Gasteiger partial charge in [0.25, 0.3) is 0 Å². The maximum Gasteiger partial charge on any atom is 0.150 e. The van der Waals surface area contributed by atoms with Crippen molar-refractivity contribution in [1.29, 1.82) is 0 Å². The smallest absolute Gasteiger partial charge is 0.150 e. The van der Waals surface area contributed by atoms with Crippen LogP contribution < -0.4 is 0 Å². The molecule has 2 nitrogen and oxygen atoms in total. The fourth-order valence-corrected chi connectivity index (χ4v) is 1.64. The molecule has 0 aliphatic heterocycles. The van der Waals surface area contributed by atoms with Crippen LogP contribution in [-0.2, 0) is 0 Å². The molecule has 0 aromatic carbocycles. The Morgan fingerprint density at radius 1 is 1.36 bits per heavy atom. The molecule has 0 aliphatic carbocycles. The van der Waals surface area contributed by atoms with Gasteiger partial charge < -0.3 is 0 Å². The molecular formula is C7H4ClIN2. The molecule has 0 saturated heterocycles. The highest BCUT2D eigenvalue weighted by Crippen LogP contribution is 2.17. The first-order valence-corrected chi connectivity index (χ1v) is 4.41. The number of fused-ring (bicyclic) bond motifs is 1. The van der Waals surface area contributed by atoms with E-state index in [-0.39, 0.29) is 0 Å². The van der Waals surface area contributed by atoms with Gasteiger partial charge in [0.1, 0.15) is 10.8 Å². The minimum atomic E-state index is 0.536. The Kier molecular flexibility index (Phi) is 1.77. The van der Waals surface area contributed by atoms with Crippen molar-refractivity contribution >= 4 is 45.5 Å². The van der Waals surface area contributed by atoms with Gasteiger partial charge in [0.15, 0.2) is 0 Å². The SMILES string of the molecule is Clc1ccc2ccn(I)c2n1. The van der Waals surface area contributed by atoms with E-state index < -0.39 is 0 Å². The van der Waals surface area contributed by atoms with Crippen molar-refractivity contribution in [3.63, 3.8) is 0 Å². The molecule has 0 fully saturated rings. The predicted molar refractivity (Wildman–Crippen MR) is 54.2 cm³/mol. The minimum Gasteiger partial charge on any atom is -0.274 e. The Bertz CT molecular complexity index is 396. The van der Waals surface area contributed by atoms with E-state index in [1.807, 2.05) is 21.1 Å². The Labute approximate surface area is 82.7 Å². The predicted octanol–water partition coefficient (Wildman–Crippen LogP) is 2.89. The van der Waals surface area contributed by atoms with Gasteiger partial charge in [0.2, 0.25) is 0 Å². The summed E-state index contributed by atoms with van der Waals surface area (Å²) in [6, 6.07) is 5.76. The number of hydrogen-bond acceptors (Lipinski definition) is 1. The average molecular weight is 278 g/mol. The number of pyridine rings is 1. The molecule has 0 atom stereocenters. The van der Waals surface area contributed by atoms with Gasteiger partial charge in [-0.15, -0.1) is 0 Å². The molecule has 56 valence electrons. The maximum atomic E-state index is 5.72. The van der Waals surface area contributed by atoms with Gasteiger partial charge in [0, 0.05) is 11.6 Å². The lowest BCUT2D eigenvalue weighted by Gasteiger charge is -1.92. The fourth-order valence-electron chi connectivity index (χ4n) is 0.954. The average Bonchev–Trinajstić information content (AvgIpc) is 2.33. The molecule has 0 saturated carbocycles. The number of rotatable bonds is 0. The van der Waals surface area contributed by atoms with Crippen molar-refractivity contribution in [2.45, 2.75) is 0 Å². The van der Waals surface area contributed by atoms with Crippen LogP contribution in [0.2, 0.25) is 5.15 Å². The van der Waals surface area contributed by atoms with Crippen LogP contribution in [0.4, 0.5) is 0 Å². The molecule has 0 bridgehead atoms. The van der Waals surface area contributed by atoms with Crippen molar-refractivity contribution in [2.24, 2.45) is 0 Å². The molecule has 0 unspecified atom stereocenters. The van der Waals surface area contributed by atoms with E-state index in [0.29, 0.717) is 5.15 Å². The van der Waals surface area contributed by atoms with Crippen molar-refractivity contribution in [3.8, 4) is 0 Å². The number of hydrogen-bond donors (Lipinski definition) is 0. The minimum absolute atomic E-state index is 0.536. The summed E-state index contributed by atoms with van der Waals surface area (Å²) in [5, 5.41) is 1.65. The normalized spacial score (nSPS) is 10.7. The first-order chi connectivity index (χ1) is 5.27. The Morgan fingerprint density at radius 2 is 2.18 bits per heavy atom. The molecule has 0 spiro atoms. The topological polar surface area (TPSA) is 17.8 Å². The Morgan fingerprint density at radius 3 is 3.00 bits per heavy atom. The molecule has 2 aromatic rings. The monoisotopic (exact) mass is 278 g/mol. The van der Waals surface area contributed by atoms with Crippen LogP contribution in [0, 0.1) is 0 Å². The van der Waals surface area contributed by atoms with Gasteiger partial charge >= 0.3 is 0 Å². The molecule has 0 aliphatic rings. The van der Waals surface area contributed by atoms with E-state index in [1.165, 1.54) is 0 Å². The van der Waals surface area contributed by atoms with Gasteiger partial charge in [-0.3, -0.25) is 2.78 Å². The van der Waals surface area contributed by atoms with Crippen molar-refractivity contribution in [1.82, 2.24) is 7.76 Å². The first-order valence-electron chi connectivity index (χ1n) is 3.07. The van der Waals surface area contributed by atoms with Gasteiger partial charge in [-0.25, -0.2) is 4.98 Å². The summed E-state index contributed by atoms with van der Waals surface area (Å²) in [6.45, 7) is 0.